The molecule has 1 saturated carbocycles. The first-order valence-corrected chi connectivity index (χ1v) is 7.49. The van der Waals surface area contributed by atoms with Crippen LogP contribution in [-0.4, -0.2) is 6.04 Å². The van der Waals surface area contributed by atoms with Crippen molar-refractivity contribution in [1.82, 2.24) is 5.32 Å². The van der Waals surface area contributed by atoms with Crippen molar-refractivity contribution in [2.75, 3.05) is 0 Å². The molecule has 0 heterocycles. The summed E-state index contributed by atoms with van der Waals surface area (Å²) >= 11 is 0. The van der Waals surface area contributed by atoms with Crippen LogP contribution < -0.4 is 5.32 Å². The highest BCUT2D eigenvalue weighted by atomic mass is 15.0. The van der Waals surface area contributed by atoms with Crippen molar-refractivity contribution in [1.29, 1.82) is 5.26 Å². The molecule has 3 atom stereocenters. The molecule has 1 aliphatic rings. The van der Waals surface area contributed by atoms with Gasteiger partial charge in [0.05, 0.1) is 12.0 Å². The van der Waals surface area contributed by atoms with Gasteiger partial charge >= 0.3 is 0 Å². The largest absolute Gasteiger partial charge is 0.306 e. The highest BCUT2D eigenvalue weighted by Gasteiger charge is 2.28. The smallest absolute Gasteiger partial charge is 0.0672 e. The fourth-order valence-corrected chi connectivity index (χ4v) is 2.99. The number of aryl methyl sites for hydroxylation is 1. The van der Waals surface area contributed by atoms with E-state index < -0.39 is 0 Å². The molecule has 0 radical (unpaired) electrons. The lowest BCUT2D eigenvalue weighted by Crippen LogP contribution is -2.33. The molecule has 102 valence electrons. The Morgan fingerprint density at radius 2 is 2.05 bits per heavy atom. The third-order valence-corrected chi connectivity index (χ3v) is 4.16. The van der Waals surface area contributed by atoms with Crippen molar-refractivity contribution in [2.24, 2.45) is 5.92 Å². The maximum atomic E-state index is 9.13. The van der Waals surface area contributed by atoms with Crippen molar-refractivity contribution < 1.29 is 0 Å². The van der Waals surface area contributed by atoms with Crippen LogP contribution in [0.5, 0.6) is 0 Å². The summed E-state index contributed by atoms with van der Waals surface area (Å²) in [6.45, 7) is 4.40. The van der Waals surface area contributed by atoms with Crippen LogP contribution in [0.25, 0.3) is 0 Å². The Bertz CT molecular complexity index is 430. The molecule has 1 aliphatic carbocycles. The molecule has 2 rings (SSSR count). The molecule has 3 unspecified atom stereocenters. The van der Waals surface area contributed by atoms with Crippen molar-refractivity contribution in [2.45, 2.75) is 58.0 Å². The van der Waals surface area contributed by atoms with Gasteiger partial charge in [0.15, 0.2) is 0 Å². The standard InChI is InChI=1S/C17H24N2/c1-3-5-14-8-10-15(11-9-14)13(2)19-17-7-4-6-16(17)12-18/h8-11,13,16-17,19H,3-7H2,1-2H3. The maximum absolute atomic E-state index is 9.13. The number of nitrogens with one attached hydrogen (secondary N) is 1. The molecule has 2 nitrogen and oxygen atoms in total. The summed E-state index contributed by atoms with van der Waals surface area (Å²) in [7, 11) is 0. The maximum Gasteiger partial charge on any atom is 0.0672 e. The monoisotopic (exact) mass is 256 g/mol. The van der Waals surface area contributed by atoms with Gasteiger partial charge in [0, 0.05) is 12.1 Å². The molecule has 1 aromatic carbocycles. The highest BCUT2D eigenvalue weighted by Crippen LogP contribution is 2.27. The van der Waals surface area contributed by atoms with E-state index in [2.05, 4.69) is 49.5 Å². The second-order valence-corrected chi connectivity index (χ2v) is 5.65. The number of nitriles is 1. The zero-order valence-corrected chi connectivity index (χ0v) is 12.0. The first-order valence-electron chi connectivity index (χ1n) is 7.49. The topological polar surface area (TPSA) is 35.8 Å². The minimum Gasteiger partial charge on any atom is -0.306 e. The van der Waals surface area contributed by atoms with Crippen LogP contribution in [0, 0.1) is 17.2 Å². The Morgan fingerprint density at radius 1 is 1.32 bits per heavy atom. The molecule has 0 saturated heterocycles. The predicted octanol–water partition coefficient (Wildman–Crippen LogP) is 3.98. The zero-order chi connectivity index (χ0) is 13.7. The van der Waals surface area contributed by atoms with Crippen LogP contribution in [0.1, 0.15) is 56.7 Å². The van der Waals surface area contributed by atoms with E-state index in [1.165, 1.54) is 24.0 Å². The van der Waals surface area contributed by atoms with E-state index in [1.54, 1.807) is 0 Å². The van der Waals surface area contributed by atoms with Crippen molar-refractivity contribution in [3.63, 3.8) is 0 Å². The summed E-state index contributed by atoms with van der Waals surface area (Å²) in [4.78, 5) is 0. The normalized spacial score (nSPS) is 24.1. The summed E-state index contributed by atoms with van der Waals surface area (Å²) in [5.74, 6) is 0.196. The quantitative estimate of drug-likeness (QED) is 0.865. The van der Waals surface area contributed by atoms with E-state index in [0.717, 1.165) is 19.3 Å². The fraction of sp³-hybridized carbons (Fsp3) is 0.588. The first-order chi connectivity index (χ1) is 9.24. The fourth-order valence-electron chi connectivity index (χ4n) is 2.99. The minimum atomic E-state index is 0.196. The van der Waals surface area contributed by atoms with Gasteiger partial charge in [0.25, 0.3) is 0 Å². The van der Waals surface area contributed by atoms with Gasteiger partial charge in [-0.05, 0) is 37.3 Å². The molecule has 1 N–H and O–H groups in total. The molecule has 1 aromatic rings. The molecule has 0 spiro atoms. The van der Waals surface area contributed by atoms with Crippen molar-refractivity contribution in [3.05, 3.63) is 35.4 Å². The van der Waals surface area contributed by atoms with Crippen LogP contribution in [0.15, 0.2) is 24.3 Å². The van der Waals surface area contributed by atoms with Gasteiger partial charge in [-0.1, -0.05) is 44.0 Å². The number of nitrogens with zero attached hydrogens (tertiary/aromatic N) is 1. The summed E-state index contributed by atoms with van der Waals surface area (Å²) in [5.41, 5.74) is 2.73. The van der Waals surface area contributed by atoms with Crippen LogP contribution >= 0.6 is 0 Å². The van der Waals surface area contributed by atoms with E-state index in [0.29, 0.717) is 12.1 Å². The summed E-state index contributed by atoms with van der Waals surface area (Å²) in [6, 6.07) is 12.0. The SMILES string of the molecule is CCCc1ccc(C(C)NC2CCCC2C#N)cc1. The Hall–Kier alpha value is -1.33. The van der Waals surface area contributed by atoms with Crippen LogP contribution in [0.3, 0.4) is 0 Å². The highest BCUT2D eigenvalue weighted by molar-refractivity contribution is 5.25. The lowest BCUT2D eigenvalue weighted by Gasteiger charge is -2.22. The number of hydrogen-bond donors (Lipinski definition) is 1. The molecular formula is C17H24N2. The van der Waals surface area contributed by atoms with Gasteiger partial charge in [-0.15, -0.1) is 0 Å². The predicted molar refractivity (Wildman–Crippen MR) is 78.7 cm³/mol. The van der Waals surface area contributed by atoms with Crippen molar-refractivity contribution >= 4 is 0 Å². The molecular weight excluding hydrogens is 232 g/mol. The van der Waals surface area contributed by atoms with E-state index in [1.807, 2.05) is 0 Å². The molecule has 0 bridgehead atoms. The summed E-state index contributed by atoms with van der Waals surface area (Å²) < 4.78 is 0. The van der Waals surface area contributed by atoms with E-state index in [4.69, 9.17) is 5.26 Å². The van der Waals surface area contributed by atoms with E-state index in [-0.39, 0.29) is 5.92 Å². The van der Waals surface area contributed by atoms with Gasteiger partial charge in [0.1, 0.15) is 0 Å². The Kier molecular flexibility index (Phi) is 4.99. The minimum absolute atomic E-state index is 0.196. The average Bonchev–Trinajstić information content (AvgIpc) is 2.87. The molecule has 0 amide bonds. The first kappa shape index (κ1) is 14.1. The van der Waals surface area contributed by atoms with Crippen LogP contribution in [0.2, 0.25) is 0 Å². The molecule has 1 fully saturated rings. The summed E-state index contributed by atoms with van der Waals surface area (Å²) in [5, 5.41) is 12.8. The van der Waals surface area contributed by atoms with Gasteiger partial charge in [-0.3, -0.25) is 0 Å². The second kappa shape index (κ2) is 6.73. The third-order valence-electron chi connectivity index (χ3n) is 4.16. The van der Waals surface area contributed by atoms with E-state index in [9.17, 15) is 0 Å². The van der Waals surface area contributed by atoms with Gasteiger partial charge in [-0.2, -0.15) is 5.26 Å². The molecule has 0 aromatic heterocycles. The van der Waals surface area contributed by atoms with E-state index >= 15 is 0 Å². The third kappa shape index (κ3) is 3.58. The van der Waals surface area contributed by atoms with Gasteiger partial charge in [-0.25, -0.2) is 0 Å². The van der Waals surface area contributed by atoms with Crippen LogP contribution in [-0.2, 0) is 6.42 Å². The lowest BCUT2D eigenvalue weighted by atomic mass is 10.0. The van der Waals surface area contributed by atoms with Gasteiger partial charge in [0.2, 0.25) is 0 Å². The van der Waals surface area contributed by atoms with Crippen LogP contribution in [0.4, 0.5) is 0 Å². The lowest BCUT2D eigenvalue weighted by molar-refractivity contribution is 0.417. The van der Waals surface area contributed by atoms with Gasteiger partial charge < -0.3 is 5.32 Å². The molecule has 0 aliphatic heterocycles. The Morgan fingerprint density at radius 3 is 2.68 bits per heavy atom. The average molecular weight is 256 g/mol. The molecule has 19 heavy (non-hydrogen) atoms. The summed E-state index contributed by atoms with van der Waals surface area (Å²) in [6.07, 6.45) is 5.71. The molecule has 2 heteroatoms. The Balaban J connectivity index is 1.95. The van der Waals surface area contributed by atoms with Crippen molar-refractivity contribution in [3.8, 4) is 6.07 Å². The number of hydrogen-bond acceptors (Lipinski definition) is 2. The Labute approximate surface area is 116 Å². The number of benzene rings is 1. The second-order valence-electron chi connectivity index (χ2n) is 5.65. The zero-order valence-electron chi connectivity index (χ0n) is 12.0. The number of rotatable bonds is 5.